The van der Waals surface area contributed by atoms with Gasteiger partial charge in [-0.25, -0.2) is 4.98 Å². The minimum Gasteiger partial charge on any atom is -0.454 e. The maximum Gasteiger partial charge on any atom is 0.233 e. The quantitative estimate of drug-likeness (QED) is 0.501. The fraction of sp³-hybridized carbons (Fsp3) is 0.200. The summed E-state index contributed by atoms with van der Waals surface area (Å²) < 4.78 is 11.2. The highest BCUT2D eigenvalue weighted by molar-refractivity contribution is 5.84. The molecule has 5 rings (SSSR count). The van der Waals surface area contributed by atoms with Crippen LogP contribution in [0.25, 0.3) is 11.0 Å². The van der Waals surface area contributed by atoms with E-state index in [1.54, 1.807) is 0 Å². The van der Waals surface area contributed by atoms with E-state index in [1.165, 1.54) is 0 Å². The molecule has 6 nitrogen and oxygen atoms in total. The average Bonchev–Trinajstić information content (AvgIpc) is 3.46. The molecular weight excluding hydrogens is 390 g/mol. The molecule has 0 fully saturated rings. The van der Waals surface area contributed by atoms with Crippen LogP contribution in [0.1, 0.15) is 29.8 Å². The first-order chi connectivity index (χ1) is 15.2. The summed E-state index contributed by atoms with van der Waals surface area (Å²) >= 11 is 0. The second-order valence-electron chi connectivity index (χ2n) is 7.69. The van der Waals surface area contributed by atoms with Crippen LogP contribution in [0.3, 0.4) is 0 Å². The van der Waals surface area contributed by atoms with Crippen LogP contribution in [-0.2, 0) is 17.9 Å². The number of amides is 1. The number of ether oxygens (including phenoxy) is 2. The topological polar surface area (TPSA) is 67.5 Å². The van der Waals surface area contributed by atoms with Gasteiger partial charge in [-0.1, -0.05) is 54.6 Å². The van der Waals surface area contributed by atoms with Crippen molar-refractivity contribution in [3.05, 3.63) is 89.7 Å². The second kappa shape index (κ2) is 8.14. The van der Waals surface area contributed by atoms with Crippen LogP contribution in [-0.4, -0.2) is 27.6 Å². The third kappa shape index (κ3) is 3.84. The van der Waals surface area contributed by atoms with Gasteiger partial charge in [0.2, 0.25) is 12.7 Å². The molecule has 31 heavy (non-hydrogen) atoms. The van der Waals surface area contributed by atoms with Gasteiger partial charge in [-0.15, -0.1) is 0 Å². The Hall–Kier alpha value is -3.80. The average molecular weight is 413 g/mol. The number of hydrogen-bond acceptors (Lipinski definition) is 4. The normalized spacial score (nSPS) is 13.3. The standard InChI is InChI=1S/C25H23N3O3/c1-17(24-26-20-11-5-6-12-21(20)27-24)25(29)28(14-18-8-3-2-4-9-18)15-19-10-7-13-22-23(19)31-16-30-22/h2-13,17H,14-16H2,1H3,(H,26,27). The number of rotatable bonds is 6. The molecule has 1 amide bonds. The molecular formula is C25H23N3O3. The molecule has 0 saturated carbocycles. The van der Waals surface area contributed by atoms with Crippen molar-refractivity contribution in [2.75, 3.05) is 6.79 Å². The zero-order chi connectivity index (χ0) is 21.2. The number of H-pyrrole nitrogens is 1. The molecule has 1 unspecified atom stereocenters. The van der Waals surface area contributed by atoms with Crippen LogP contribution in [0.15, 0.2) is 72.8 Å². The third-order valence-corrected chi connectivity index (χ3v) is 5.56. The molecule has 2 heterocycles. The summed E-state index contributed by atoms with van der Waals surface area (Å²) in [6.45, 7) is 3.01. The zero-order valence-corrected chi connectivity index (χ0v) is 17.2. The van der Waals surface area contributed by atoms with E-state index in [-0.39, 0.29) is 12.7 Å². The third-order valence-electron chi connectivity index (χ3n) is 5.56. The molecule has 156 valence electrons. The molecule has 0 bridgehead atoms. The molecule has 1 aromatic heterocycles. The number of fused-ring (bicyclic) bond motifs is 2. The fourth-order valence-electron chi connectivity index (χ4n) is 3.90. The first-order valence-corrected chi connectivity index (χ1v) is 10.3. The lowest BCUT2D eigenvalue weighted by Gasteiger charge is -2.26. The molecule has 0 spiro atoms. The molecule has 4 aromatic rings. The second-order valence-corrected chi connectivity index (χ2v) is 7.69. The number of carbonyl (C=O) groups is 1. The smallest absolute Gasteiger partial charge is 0.233 e. The Bertz CT molecular complexity index is 1190. The van der Waals surface area contributed by atoms with Gasteiger partial charge in [0.25, 0.3) is 0 Å². The van der Waals surface area contributed by atoms with Crippen molar-refractivity contribution < 1.29 is 14.3 Å². The van der Waals surface area contributed by atoms with Crippen LogP contribution in [0.4, 0.5) is 0 Å². The Kier molecular flexibility index (Phi) is 5.04. The Morgan fingerprint density at radius 1 is 1.00 bits per heavy atom. The largest absolute Gasteiger partial charge is 0.454 e. The molecule has 1 N–H and O–H groups in total. The van der Waals surface area contributed by atoms with E-state index < -0.39 is 5.92 Å². The maximum atomic E-state index is 13.6. The monoisotopic (exact) mass is 413 g/mol. The molecule has 0 saturated heterocycles. The van der Waals surface area contributed by atoms with Crippen LogP contribution in [0.5, 0.6) is 11.5 Å². The van der Waals surface area contributed by atoms with Gasteiger partial charge in [0.05, 0.1) is 17.0 Å². The lowest BCUT2D eigenvalue weighted by atomic mass is 10.1. The van der Waals surface area contributed by atoms with Gasteiger partial charge < -0.3 is 19.4 Å². The highest BCUT2D eigenvalue weighted by Crippen LogP contribution is 2.36. The van der Waals surface area contributed by atoms with E-state index in [2.05, 4.69) is 9.97 Å². The minimum absolute atomic E-state index is 0.000530. The highest BCUT2D eigenvalue weighted by atomic mass is 16.7. The van der Waals surface area contributed by atoms with Crippen LogP contribution >= 0.6 is 0 Å². The van der Waals surface area contributed by atoms with Gasteiger partial charge in [0.15, 0.2) is 11.5 Å². The van der Waals surface area contributed by atoms with Gasteiger partial charge in [0, 0.05) is 18.7 Å². The van der Waals surface area contributed by atoms with E-state index >= 15 is 0 Å². The number of aromatic amines is 1. The predicted octanol–water partition coefficient (Wildman–Crippen LogP) is 4.62. The van der Waals surface area contributed by atoms with Gasteiger partial charge in [-0.2, -0.15) is 0 Å². The summed E-state index contributed by atoms with van der Waals surface area (Å²) in [5.41, 5.74) is 3.78. The van der Waals surface area contributed by atoms with E-state index in [0.717, 1.165) is 27.9 Å². The van der Waals surface area contributed by atoms with E-state index in [9.17, 15) is 4.79 Å². The number of para-hydroxylation sites is 3. The maximum absolute atomic E-state index is 13.6. The van der Waals surface area contributed by atoms with Crippen LogP contribution in [0, 0.1) is 0 Å². The lowest BCUT2D eigenvalue weighted by Crippen LogP contribution is -2.34. The highest BCUT2D eigenvalue weighted by Gasteiger charge is 2.27. The molecule has 1 aliphatic rings. The summed E-state index contributed by atoms with van der Waals surface area (Å²) in [5.74, 6) is 1.69. The number of carbonyl (C=O) groups excluding carboxylic acids is 1. The van der Waals surface area contributed by atoms with Crippen molar-refractivity contribution in [1.82, 2.24) is 14.9 Å². The van der Waals surface area contributed by atoms with Crippen molar-refractivity contribution in [2.24, 2.45) is 0 Å². The first-order valence-electron chi connectivity index (χ1n) is 10.3. The molecule has 1 atom stereocenters. The Labute approximate surface area is 180 Å². The van der Waals surface area contributed by atoms with Crippen molar-refractivity contribution in [2.45, 2.75) is 25.9 Å². The fourth-order valence-corrected chi connectivity index (χ4v) is 3.90. The van der Waals surface area contributed by atoms with Crippen LogP contribution < -0.4 is 9.47 Å². The van der Waals surface area contributed by atoms with Gasteiger partial charge >= 0.3 is 0 Å². The Morgan fingerprint density at radius 3 is 2.65 bits per heavy atom. The van der Waals surface area contributed by atoms with Crippen molar-refractivity contribution >= 4 is 16.9 Å². The van der Waals surface area contributed by atoms with E-state index in [1.807, 2.05) is 84.6 Å². The lowest BCUT2D eigenvalue weighted by molar-refractivity contribution is -0.133. The predicted molar refractivity (Wildman–Crippen MR) is 118 cm³/mol. The molecule has 0 aliphatic carbocycles. The molecule has 3 aromatic carbocycles. The molecule has 0 radical (unpaired) electrons. The van der Waals surface area contributed by atoms with Crippen molar-refractivity contribution in [3.63, 3.8) is 0 Å². The molecule has 1 aliphatic heterocycles. The Balaban J connectivity index is 1.45. The van der Waals surface area contributed by atoms with Crippen molar-refractivity contribution in [3.8, 4) is 11.5 Å². The summed E-state index contributed by atoms with van der Waals surface area (Å²) in [6.07, 6.45) is 0. The van der Waals surface area contributed by atoms with Gasteiger partial charge in [0.1, 0.15) is 5.82 Å². The first kappa shape index (κ1) is 19.2. The SMILES string of the molecule is CC(C(=O)N(Cc1ccccc1)Cc1cccc2c1OCO2)c1nc2ccccc2[nH]1. The number of benzene rings is 3. The number of nitrogens with zero attached hydrogens (tertiary/aromatic N) is 2. The summed E-state index contributed by atoms with van der Waals surface area (Å²) in [7, 11) is 0. The summed E-state index contributed by atoms with van der Waals surface area (Å²) in [5, 5.41) is 0. The number of imidazole rings is 1. The molecule has 6 heteroatoms. The number of aromatic nitrogens is 2. The van der Waals surface area contributed by atoms with E-state index in [4.69, 9.17) is 9.47 Å². The Morgan fingerprint density at radius 2 is 1.81 bits per heavy atom. The minimum atomic E-state index is -0.412. The van der Waals surface area contributed by atoms with Gasteiger partial charge in [-0.3, -0.25) is 4.79 Å². The van der Waals surface area contributed by atoms with E-state index in [0.29, 0.717) is 24.7 Å². The van der Waals surface area contributed by atoms with Gasteiger partial charge in [-0.05, 0) is 30.7 Å². The number of nitrogens with one attached hydrogen (secondary N) is 1. The summed E-state index contributed by atoms with van der Waals surface area (Å²) in [6, 6.07) is 23.6. The van der Waals surface area contributed by atoms with Crippen LogP contribution in [0.2, 0.25) is 0 Å². The zero-order valence-electron chi connectivity index (χ0n) is 17.2. The number of hydrogen-bond donors (Lipinski definition) is 1. The summed E-state index contributed by atoms with van der Waals surface area (Å²) in [4.78, 5) is 23.4. The van der Waals surface area contributed by atoms with Crippen molar-refractivity contribution in [1.29, 1.82) is 0 Å².